The summed E-state index contributed by atoms with van der Waals surface area (Å²) in [6.45, 7) is 4.26. The molecule has 0 radical (unpaired) electrons. The molecular formula is C19H25N7O. The monoisotopic (exact) mass is 367 g/mol. The Morgan fingerprint density at radius 2 is 2.19 bits per heavy atom. The first-order chi connectivity index (χ1) is 13.2. The molecule has 1 saturated heterocycles. The highest BCUT2D eigenvalue weighted by Crippen LogP contribution is 2.39. The van der Waals surface area contributed by atoms with Crippen LogP contribution in [0.3, 0.4) is 0 Å². The summed E-state index contributed by atoms with van der Waals surface area (Å²) >= 11 is 0. The maximum absolute atomic E-state index is 10.0. The average molecular weight is 367 g/mol. The van der Waals surface area contributed by atoms with Crippen molar-refractivity contribution in [2.24, 2.45) is 0 Å². The molecule has 2 aromatic heterocycles. The number of H-pyrrole nitrogens is 1. The molecular weight excluding hydrogens is 342 g/mol. The van der Waals surface area contributed by atoms with Crippen LogP contribution in [0, 0.1) is 11.3 Å². The first-order valence-corrected chi connectivity index (χ1v) is 9.62. The van der Waals surface area contributed by atoms with Crippen molar-refractivity contribution in [2.45, 2.75) is 50.5 Å². The van der Waals surface area contributed by atoms with Crippen LogP contribution < -0.4 is 10.2 Å². The summed E-state index contributed by atoms with van der Waals surface area (Å²) in [5.41, 5.74) is 0.283. The molecule has 8 nitrogen and oxygen atoms in total. The third kappa shape index (κ3) is 3.60. The van der Waals surface area contributed by atoms with Crippen LogP contribution in [0.25, 0.3) is 0 Å². The number of nitrogens with one attached hydrogen (secondary N) is 2. The lowest BCUT2D eigenvalue weighted by molar-refractivity contribution is 0.0985. The van der Waals surface area contributed by atoms with Gasteiger partial charge in [-0.2, -0.15) is 15.3 Å². The van der Waals surface area contributed by atoms with Gasteiger partial charge in [-0.15, -0.1) is 0 Å². The van der Waals surface area contributed by atoms with E-state index in [0.717, 1.165) is 49.6 Å². The van der Waals surface area contributed by atoms with E-state index in [2.05, 4.69) is 33.4 Å². The van der Waals surface area contributed by atoms with Crippen molar-refractivity contribution in [3.05, 3.63) is 24.0 Å². The lowest BCUT2D eigenvalue weighted by Crippen LogP contribution is -2.44. The fourth-order valence-electron chi connectivity index (χ4n) is 3.98. The van der Waals surface area contributed by atoms with Gasteiger partial charge in [-0.25, -0.2) is 4.98 Å². The van der Waals surface area contributed by atoms with E-state index in [0.29, 0.717) is 19.2 Å². The van der Waals surface area contributed by atoms with E-state index in [9.17, 15) is 5.26 Å². The van der Waals surface area contributed by atoms with Crippen molar-refractivity contribution in [2.75, 3.05) is 30.0 Å². The van der Waals surface area contributed by atoms with Crippen molar-refractivity contribution in [1.82, 2.24) is 20.2 Å². The van der Waals surface area contributed by atoms with Gasteiger partial charge in [-0.05, 0) is 19.8 Å². The highest BCUT2D eigenvalue weighted by atomic mass is 16.5. The smallest absolute Gasteiger partial charge is 0.230 e. The number of aromatic amines is 1. The van der Waals surface area contributed by atoms with Gasteiger partial charge in [0.25, 0.3) is 0 Å². The van der Waals surface area contributed by atoms with Crippen LogP contribution in [0.4, 0.5) is 17.6 Å². The first-order valence-electron chi connectivity index (χ1n) is 9.62. The van der Waals surface area contributed by atoms with Crippen molar-refractivity contribution in [3.8, 4) is 6.07 Å². The van der Waals surface area contributed by atoms with Gasteiger partial charge in [0.1, 0.15) is 11.6 Å². The van der Waals surface area contributed by atoms with Crippen molar-refractivity contribution in [1.29, 1.82) is 5.26 Å². The van der Waals surface area contributed by atoms with Gasteiger partial charge in [0.05, 0.1) is 42.6 Å². The molecule has 142 valence electrons. The van der Waals surface area contributed by atoms with Crippen molar-refractivity contribution < 1.29 is 4.74 Å². The van der Waals surface area contributed by atoms with E-state index in [1.165, 1.54) is 6.42 Å². The van der Waals surface area contributed by atoms with Gasteiger partial charge in [-0.1, -0.05) is 19.3 Å². The molecule has 2 N–H and O–H groups in total. The Kier molecular flexibility index (Phi) is 4.94. The Bertz CT molecular complexity index is 808. The van der Waals surface area contributed by atoms with E-state index in [1.807, 2.05) is 12.1 Å². The molecule has 2 fully saturated rings. The summed E-state index contributed by atoms with van der Waals surface area (Å²) in [6, 6.07) is 6.64. The maximum atomic E-state index is 10.0. The topological polar surface area (TPSA) is 103 Å². The molecule has 2 aliphatic rings. The molecule has 1 aliphatic heterocycles. The molecule has 0 spiro atoms. The van der Waals surface area contributed by atoms with E-state index in [1.54, 1.807) is 6.20 Å². The minimum absolute atomic E-state index is 0.228. The lowest BCUT2D eigenvalue weighted by Gasteiger charge is -2.36. The van der Waals surface area contributed by atoms with Crippen LogP contribution in [-0.2, 0) is 10.2 Å². The van der Waals surface area contributed by atoms with E-state index < -0.39 is 5.41 Å². The highest BCUT2D eigenvalue weighted by molar-refractivity contribution is 5.54. The Hall–Kier alpha value is -2.66. The molecule has 0 bridgehead atoms. The van der Waals surface area contributed by atoms with Crippen LogP contribution >= 0.6 is 0 Å². The zero-order chi connectivity index (χ0) is 18.7. The molecule has 27 heavy (non-hydrogen) atoms. The molecule has 1 saturated carbocycles. The Labute approximate surface area is 159 Å². The van der Waals surface area contributed by atoms with Crippen molar-refractivity contribution >= 4 is 17.6 Å². The first kappa shape index (κ1) is 17.7. The molecule has 4 rings (SSSR count). The third-order valence-corrected chi connectivity index (χ3v) is 5.53. The fourth-order valence-corrected chi connectivity index (χ4v) is 3.98. The van der Waals surface area contributed by atoms with Gasteiger partial charge < -0.3 is 15.0 Å². The van der Waals surface area contributed by atoms with Gasteiger partial charge >= 0.3 is 0 Å². The van der Waals surface area contributed by atoms with Crippen LogP contribution in [0.2, 0.25) is 0 Å². The number of nitrogens with zero attached hydrogens (tertiary/aromatic N) is 5. The zero-order valence-corrected chi connectivity index (χ0v) is 15.6. The Balaban J connectivity index is 1.75. The molecule has 0 aromatic carbocycles. The second-order valence-electron chi connectivity index (χ2n) is 7.40. The number of hydrogen-bond acceptors (Lipinski definition) is 7. The number of hydrogen-bond donors (Lipinski definition) is 2. The molecule has 2 aromatic rings. The second-order valence-corrected chi connectivity index (χ2v) is 7.40. The van der Waals surface area contributed by atoms with Gasteiger partial charge in [0, 0.05) is 18.7 Å². The van der Waals surface area contributed by atoms with Gasteiger partial charge in [-0.3, -0.25) is 5.10 Å². The average Bonchev–Trinajstić information content (AvgIpc) is 3.21. The second kappa shape index (κ2) is 7.53. The normalized spacial score (nSPS) is 22.2. The minimum atomic E-state index is -0.532. The predicted molar refractivity (Wildman–Crippen MR) is 102 cm³/mol. The standard InChI is InChI=1S/C19H25N7O/c1-14-12-27-10-9-26(14)17-11-15(19(13-20)6-3-2-4-7-19)22-18(24-17)23-16-5-8-21-25-16/h5,8,11,14H,2-4,6-7,9-10,12H2,1H3,(H2,21,22,23,24,25)/t14-/m1/s1. The Morgan fingerprint density at radius 3 is 2.89 bits per heavy atom. The molecule has 0 unspecified atom stereocenters. The number of nitriles is 1. The van der Waals surface area contributed by atoms with Gasteiger partial charge in [0.2, 0.25) is 5.95 Å². The summed E-state index contributed by atoms with van der Waals surface area (Å²) in [4.78, 5) is 11.7. The molecule has 1 atom stereocenters. The van der Waals surface area contributed by atoms with Gasteiger partial charge in [0.15, 0.2) is 0 Å². The summed E-state index contributed by atoms with van der Waals surface area (Å²) in [6.07, 6.45) is 6.68. The summed E-state index contributed by atoms with van der Waals surface area (Å²) in [5, 5.41) is 20.0. The molecule has 0 amide bonds. The molecule has 3 heterocycles. The summed E-state index contributed by atoms with van der Waals surface area (Å²) in [7, 11) is 0. The van der Waals surface area contributed by atoms with E-state index in [4.69, 9.17) is 14.7 Å². The fraction of sp³-hybridized carbons (Fsp3) is 0.579. The SMILES string of the molecule is C[C@@H]1COCCN1c1cc(C2(C#N)CCCCC2)nc(Nc2ccn[nH]2)n1. The quantitative estimate of drug-likeness (QED) is 0.856. The van der Waals surface area contributed by atoms with E-state index >= 15 is 0 Å². The largest absolute Gasteiger partial charge is 0.377 e. The van der Waals surface area contributed by atoms with E-state index in [-0.39, 0.29) is 6.04 Å². The van der Waals surface area contributed by atoms with Crippen molar-refractivity contribution in [3.63, 3.8) is 0 Å². The van der Waals surface area contributed by atoms with Crippen LogP contribution in [0.5, 0.6) is 0 Å². The number of aromatic nitrogens is 4. The zero-order valence-electron chi connectivity index (χ0n) is 15.6. The number of anilines is 3. The molecule has 1 aliphatic carbocycles. The van der Waals surface area contributed by atoms with Crippen LogP contribution in [0.15, 0.2) is 18.3 Å². The minimum Gasteiger partial charge on any atom is -0.377 e. The number of rotatable bonds is 4. The number of morpholine rings is 1. The third-order valence-electron chi connectivity index (χ3n) is 5.53. The Morgan fingerprint density at radius 1 is 1.33 bits per heavy atom. The summed E-state index contributed by atoms with van der Waals surface area (Å²) < 4.78 is 5.57. The number of ether oxygens (including phenoxy) is 1. The lowest BCUT2D eigenvalue weighted by atomic mass is 9.73. The summed E-state index contributed by atoms with van der Waals surface area (Å²) in [5.74, 6) is 2.06. The maximum Gasteiger partial charge on any atom is 0.230 e. The highest BCUT2D eigenvalue weighted by Gasteiger charge is 2.37. The predicted octanol–water partition coefficient (Wildman–Crippen LogP) is 2.89. The molecule has 8 heteroatoms. The van der Waals surface area contributed by atoms with Crippen LogP contribution in [0.1, 0.15) is 44.7 Å². The van der Waals surface area contributed by atoms with Crippen LogP contribution in [-0.4, -0.2) is 46.0 Å².